The number of ether oxygens (including phenoxy) is 1. The Hall–Kier alpha value is -2.22. The molecule has 2 aromatic carbocycles. The van der Waals surface area contributed by atoms with Crippen LogP contribution >= 0.6 is 47.0 Å². The van der Waals surface area contributed by atoms with E-state index in [0.717, 1.165) is 0 Å². The van der Waals surface area contributed by atoms with E-state index in [4.69, 9.17) is 51.8 Å². The number of anilines is 3. The van der Waals surface area contributed by atoms with Gasteiger partial charge in [-0.1, -0.05) is 53.0 Å². The fourth-order valence-electron chi connectivity index (χ4n) is 3.10. The summed E-state index contributed by atoms with van der Waals surface area (Å²) in [5.74, 6) is 0. The van der Waals surface area contributed by atoms with Gasteiger partial charge in [-0.25, -0.2) is 9.18 Å². The van der Waals surface area contributed by atoms with E-state index >= 15 is 0 Å². The number of aryl methyl sites for hydroxylation is 2. The second-order valence-electron chi connectivity index (χ2n) is 7.62. The van der Waals surface area contributed by atoms with E-state index in [1.54, 1.807) is 6.07 Å². The number of rotatable bonds is 5. The van der Waals surface area contributed by atoms with Crippen LogP contribution in [0.2, 0.25) is 0 Å². The lowest BCUT2D eigenvalue weighted by Crippen LogP contribution is -2.50. The third-order valence-electron chi connectivity index (χ3n) is 4.68. The Kier molecular flexibility index (Phi) is 9.43. The average Bonchev–Trinajstić information content (AvgIpc) is 2.72. The Morgan fingerprint density at radius 2 is 1.35 bits per heavy atom. The van der Waals surface area contributed by atoms with Crippen molar-refractivity contribution in [2.45, 2.75) is 35.7 Å². The number of nitrogens with one attached hydrogen (secondary N) is 3. The molecule has 2 rings (SSSR count). The minimum atomic E-state index is -6.23. The van der Waals surface area contributed by atoms with Gasteiger partial charge >= 0.3 is 24.1 Å². The molecule has 0 radical (unpaired) electrons. The summed E-state index contributed by atoms with van der Waals surface area (Å²) in [5, 5.41) is 7.68. The van der Waals surface area contributed by atoms with Gasteiger partial charge in [0.25, 0.3) is 0 Å². The van der Waals surface area contributed by atoms with Crippen molar-refractivity contribution in [2.24, 2.45) is 0 Å². The third-order valence-corrected chi connectivity index (χ3v) is 5.22. The van der Waals surface area contributed by atoms with Crippen LogP contribution in [-0.4, -0.2) is 34.0 Å². The van der Waals surface area contributed by atoms with E-state index in [1.807, 2.05) is 0 Å². The standard InChI is InChI=1S/C21H17Cl3F7N3O2S/c1-10-6-12(19(25,20(26,27)28)21(29,30)31)7-11(2)15(10)34-16(37)32-13-4-3-5-14(8-13)33-17(35)36-9-18(22,23)24/h3-8H,9H2,1-2H3,(H,33,35)(H2,32,34,37). The van der Waals surface area contributed by atoms with Crippen molar-refractivity contribution in [3.63, 3.8) is 0 Å². The van der Waals surface area contributed by atoms with Gasteiger partial charge < -0.3 is 15.4 Å². The second-order valence-corrected chi connectivity index (χ2v) is 10.5. The summed E-state index contributed by atoms with van der Waals surface area (Å²) in [4.78, 5) is 11.8. The molecule has 0 saturated carbocycles. The van der Waals surface area contributed by atoms with Crippen molar-refractivity contribution in [1.82, 2.24) is 0 Å². The monoisotopic (exact) mass is 613 g/mol. The second kappa shape index (κ2) is 11.3. The van der Waals surface area contributed by atoms with Gasteiger partial charge in [0.05, 0.1) is 0 Å². The average molecular weight is 615 g/mol. The van der Waals surface area contributed by atoms with Gasteiger partial charge in [0.1, 0.15) is 6.61 Å². The molecule has 0 unspecified atom stereocenters. The number of amides is 1. The fraction of sp³-hybridized carbons (Fsp3) is 0.333. The van der Waals surface area contributed by atoms with Crippen LogP contribution in [-0.2, 0) is 10.4 Å². The number of thiocarbonyl (C=S) groups is 1. The van der Waals surface area contributed by atoms with Crippen LogP contribution in [0, 0.1) is 13.8 Å². The highest BCUT2D eigenvalue weighted by Crippen LogP contribution is 2.53. The normalized spacial score (nSPS) is 12.6. The quantitative estimate of drug-likeness (QED) is 0.180. The Morgan fingerprint density at radius 1 is 0.865 bits per heavy atom. The van der Waals surface area contributed by atoms with E-state index in [1.165, 1.54) is 32.0 Å². The molecule has 204 valence electrons. The van der Waals surface area contributed by atoms with Gasteiger partial charge in [-0.15, -0.1) is 0 Å². The summed E-state index contributed by atoms with van der Waals surface area (Å²) in [6.07, 6.45) is -13.4. The number of hydrogen-bond donors (Lipinski definition) is 3. The molecule has 16 heteroatoms. The van der Waals surface area contributed by atoms with Crippen LogP contribution in [0.3, 0.4) is 0 Å². The molecular weight excluding hydrogens is 598 g/mol. The van der Waals surface area contributed by atoms with Crippen molar-refractivity contribution < 1.29 is 40.3 Å². The predicted molar refractivity (Wildman–Crippen MR) is 132 cm³/mol. The Balaban J connectivity index is 2.19. The first-order chi connectivity index (χ1) is 16.7. The van der Waals surface area contributed by atoms with Crippen LogP contribution in [0.25, 0.3) is 0 Å². The molecule has 0 aliphatic carbocycles. The number of carbonyl (C=O) groups excluding carboxylic acids is 1. The zero-order valence-corrected chi connectivity index (χ0v) is 21.8. The topological polar surface area (TPSA) is 62.4 Å². The molecule has 2 aromatic rings. The molecule has 1 amide bonds. The fourth-order valence-corrected chi connectivity index (χ4v) is 3.48. The van der Waals surface area contributed by atoms with Crippen LogP contribution in [0.5, 0.6) is 0 Å². The first kappa shape index (κ1) is 31.0. The Morgan fingerprint density at radius 3 is 1.81 bits per heavy atom. The van der Waals surface area contributed by atoms with E-state index < -0.39 is 40.1 Å². The summed E-state index contributed by atoms with van der Waals surface area (Å²) in [6, 6.07) is 6.89. The third kappa shape index (κ3) is 7.88. The number of halogens is 10. The molecule has 0 atom stereocenters. The SMILES string of the molecule is Cc1cc(C(F)(C(F)(F)F)C(F)(F)F)cc(C)c1NC(=S)Nc1cccc(NC(=O)OCC(Cl)(Cl)Cl)c1. The summed E-state index contributed by atoms with van der Waals surface area (Å²) < 4.78 is 96.1. The Labute approximate surface area is 226 Å². The molecule has 5 nitrogen and oxygen atoms in total. The van der Waals surface area contributed by atoms with Crippen molar-refractivity contribution in [3.8, 4) is 0 Å². The summed E-state index contributed by atoms with van der Waals surface area (Å²) in [5.41, 5.74) is -6.76. The smallest absolute Gasteiger partial charge is 0.435 e. The van der Waals surface area contributed by atoms with Crippen LogP contribution in [0.1, 0.15) is 16.7 Å². The van der Waals surface area contributed by atoms with Gasteiger partial charge in [0.15, 0.2) is 5.11 Å². The minimum absolute atomic E-state index is 0.0671. The number of hydrogen-bond acceptors (Lipinski definition) is 3. The van der Waals surface area contributed by atoms with Gasteiger partial charge in [-0.2, -0.15) is 26.3 Å². The minimum Gasteiger partial charge on any atom is -0.445 e. The van der Waals surface area contributed by atoms with Gasteiger partial charge in [0.2, 0.25) is 3.79 Å². The van der Waals surface area contributed by atoms with E-state index in [9.17, 15) is 35.5 Å². The molecule has 0 aliphatic rings. The molecule has 0 heterocycles. The van der Waals surface area contributed by atoms with E-state index in [0.29, 0.717) is 17.8 Å². The highest BCUT2D eigenvalue weighted by Gasteiger charge is 2.73. The molecule has 3 N–H and O–H groups in total. The maximum atomic E-state index is 14.4. The van der Waals surface area contributed by atoms with Gasteiger partial charge in [-0.3, -0.25) is 5.32 Å². The van der Waals surface area contributed by atoms with Crippen molar-refractivity contribution in [2.75, 3.05) is 22.6 Å². The number of alkyl halides is 10. The van der Waals surface area contributed by atoms with Gasteiger partial charge in [0, 0.05) is 22.6 Å². The molecule has 0 bridgehead atoms. The lowest BCUT2D eigenvalue weighted by Gasteiger charge is -2.31. The first-order valence-electron chi connectivity index (χ1n) is 9.87. The lowest BCUT2D eigenvalue weighted by atomic mass is 9.90. The summed E-state index contributed by atoms with van der Waals surface area (Å²) >= 11 is 21.7. The van der Waals surface area contributed by atoms with Crippen molar-refractivity contribution >= 4 is 75.3 Å². The van der Waals surface area contributed by atoms with Crippen LogP contribution < -0.4 is 16.0 Å². The molecule has 0 aliphatic heterocycles. The Bertz CT molecular complexity index is 1130. The van der Waals surface area contributed by atoms with Crippen molar-refractivity contribution in [1.29, 1.82) is 0 Å². The molecule has 0 spiro atoms. The largest absolute Gasteiger partial charge is 0.445 e. The van der Waals surface area contributed by atoms with Crippen LogP contribution in [0.15, 0.2) is 36.4 Å². The zero-order valence-electron chi connectivity index (χ0n) is 18.7. The number of benzene rings is 2. The molecular formula is C21H17Cl3F7N3O2S. The highest BCUT2D eigenvalue weighted by molar-refractivity contribution is 7.80. The highest BCUT2D eigenvalue weighted by atomic mass is 35.6. The van der Waals surface area contributed by atoms with Crippen LogP contribution in [0.4, 0.5) is 52.6 Å². The summed E-state index contributed by atoms with van der Waals surface area (Å²) in [7, 11) is 0. The maximum Gasteiger partial charge on any atom is 0.435 e. The maximum absolute atomic E-state index is 14.4. The molecule has 37 heavy (non-hydrogen) atoms. The molecule has 0 saturated heterocycles. The lowest BCUT2D eigenvalue weighted by molar-refractivity contribution is -0.348. The first-order valence-corrected chi connectivity index (χ1v) is 11.4. The zero-order chi connectivity index (χ0) is 28.4. The van der Waals surface area contributed by atoms with Crippen molar-refractivity contribution in [3.05, 3.63) is 53.1 Å². The van der Waals surface area contributed by atoms with E-state index in [2.05, 4.69) is 16.0 Å². The summed E-state index contributed by atoms with van der Waals surface area (Å²) in [6.45, 7) is 1.88. The molecule has 0 fully saturated rings. The van der Waals surface area contributed by atoms with E-state index in [-0.39, 0.29) is 27.6 Å². The molecule has 0 aromatic heterocycles. The van der Waals surface area contributed by atoms with Gasteiger partial charge in [-0.05, 0) is 55.4 Å². The predicted octanol–water partition coefficient (Wildman–Crippen LogP) is 8.32. The number of carbonyl (C=O) groups is 1.